The van der Waals surface area contributed by atoms with Gasteiger partial charge in [-0.15, -0.1) is 0 Å². The van der Waals surface area contributed by atoms with Gasteiger partial charge in [0.25, 0.3) is 5.91 Å². The van der Waals surface area contributed by atoms with Crippen LogP contribution in [-0.4, -0.2) is 52.0 Å². The molecule has 0 radical (unpaired) electrons. The first-order valence-electron chi connectivity index (χ1n) is 8.97. The van der Waals surface area contributed by atoms with E-state index in [-0.39, 0.29) is 29.6 Å². The van der Waals surface area contributed by atoms with E-state index >= 15 is 0 Å². The van der Waals surface area contributed by atoms with Gasteiger partial charge in [-0.05, 0) is 43.7 Å². The minimum atomic E-state index is -3.76. The number of ether oxygens (including phenoxy) is 2. The summed E-state index contributed by atoms with van der Waals surface area (Å²) in [6.07, 6.45) is 0. The number of methoxy groups -OCH3 is 1. The Morgan fingerprint density at radius 1 is 1.11 bits per heavy atom. The zero-order valence-electron chi connectivity index (χ0n) is 16.2. The summed E-state index contributed by atoms with van der Waals surface area (Å²) in [5, 5.41) is 2.78. The normalized spacial score (nSPS) is 15.2. The van der Waals surface area contributed by atoms with E-state index in [0.717, 1.165) is 11.1 Å². The van der Waals surface area contributed by atoms with Crippen molar-refractivity contribution in [3.05, 3.63) is 53.1 Å². The summed E-state index contributed by atoms with van der Waals surface area (Å²) in [5.41, 5.74) is 2.85. The van der Waals surface area contributed by atoms with Gasteiger partial charge in [-0.1, -0.05) is 17.7 Å². The molecule has 1 saturated heterocycles. The molecule has 3 rings (SSSR count). The predicted molar refractivity (Wildman–Crippen MR) is 106 cm³/mol. The fourth-order valence-electron chi connectivity index (χ4n) is 3.15. The lowest BCUT2D eigenvalue weighted by Crippen LogP contribution is -2.40. The molecule has 1 aliphatic heterocycles. The monoisotopic (exact) mass is 404 g/mol. The Hall–Kier alpha value is -2.42. The maximum atomic E-state index is 13.0. The van der Waals surface area contributed by atoms with Crippen molar-refractivity contribution in [2.24, 2.45) is 0 Å². The van der Waals surface area contributed by atoms with Gasteiger partial charge in [-0.2, -0.15) is 4.31 Å². The highest BCUT2D eigenvalue weighted by Gasteiger charge is 2.29. The SMILES string of the molecule is COc1ccc(NC(=O)c2ccc(C)cc2C)cc1S(=O)(=O)N1CCOCC1. The van der Waals surface area contributed by atoms with Crippen LogP contribution in [0.3, 0.4) is 0 Å². The molecule has 0 unspecified atom stereocenters. The van der Waals surface area contributed by atoms with Crippen LogP contribution >= 0.6 is 0 Å². The second-order valence-electron chi connectivity index (χ2n) is 6.65. The standard InChI is InChI=1S/C20H24N2O5S/c1-14-4-6-17(15(2)12-14)20(23)21-16-5-7-18(26-3)19(13-16)28(24,25)22-8-10-27-11-9-22/h4-7,12-13H,8-11H2,1-3H3,(H,21,23). The average Bonchev–Trinajstić information content (AvgIpc) is 2.68. The van der Waals surface area contributed by atoms with Crippen LogP contribution in [0.15, 0.2) is 41.3 Å². The first-order valence-corrected chi connectivity index (χ1v) is 10.4. The van der Waals surface area contributed by atoms with Crippen LogP contribution < -0.4 is 10.1 Å². The van der Waals surface area contributed by atoms with Crippen molar-refractivity contribution in [1.29, 1.82) is 0 Å². The molecule has 0 bridgehead atoms. The highest BCUT2D eigenvalue weighted by Crippen LogP contribution is 2.30. The van der Waals surface area contributed by atoms with E-state index in [4.69, 9.17) is 9.47 Å². The summed E-state index contributed by atoms with van der Waals surface area (Å²) >= 11 is 0. The van der Waals surface area contributed by atoms with Gasteiger partial charge in [0, 0.05) is 24.3 Å². The maximum Gasteiger partial charge on any atom is 0.255 e. The largest absolute Gasteiger partial charge is 0.495 e. The van der Waals surface area contributed by atoms with Crippen LogP contribution in [-0.2, 0) is 14.8 Å². The van der Waals surface area contributed by atoms with Crippen LogP contribution in [0.5, 0.6) is 5.75 Å². The van der Waals surface area contributed by atoms with E-state index in [0.29, 0.717) is 24.5 Å². The Bertz CT molecular complexity index is 982. The molecule has 7 nitrogen and oxygen atoms in total. The Morgan fingerprint density at radius 3 is 2.46 bits per heavy atom. The predicted octanol–water partition coefficient (Wildman–Crippen LogP) is 2.59. The summed E-state index contributed by atoms with van der Waals surface area (Å²) in [4.78, 5) is 12.7. The van der Waals surface area contributed by atoms with Gasteiger partial charge in [-0.3, -0.25) is 4.79 Å². The van der Waals surface area contributed by atoms with Gasteiger partial charge in [0.2, 0.25) is 10.0 Å². The fraction of sp³-hybridized carbons (Fsp3) is 0.350. The number of carbonyl (C=O) groups excluding carboxylic acids is 1. The van der Waals surface area contributed by atoms with Crippen molar-refractivity contribution in [3.63, 3.8) is 0 Å². The minimum Gasteiger partial charge on any atom is -0.495 e. The molecule has 0 aromatic heterocycles. The third-order valence-corrected chi connectivity index (χ3v) is 6.56. The van der Waals surface area contributed by atoms with Gasteiger partial charge < -0.3 is 14.8 Å². The van der Waals surface area contributed by atoms with Crippen molar-refractivity contribution in [1.82, 2.24) is 4.31 Å². The summed E-state index contributed by atoms with van der Waals surface area (Å²) in [6.45, 7) is 5.09. The number of aryl methyl sites for hydroxylation is 2. The summed E-state index contributed by atoms with van der Waals surface area (Å²) in [7, 11) is -2.35. The Morgan fingerprint density at radius 2 is 1.82 bits per heavy atom. The van der Waals surface area contributed by atoms with E-state index in [1.807, 2.05) is 26.0 Å². The molecule has 0 atom stereocenters. The molecule has 1 heterocycles. The summed E-state index contributed by atoms with van der Waals surface area (Å²) < 4.78 is 37.9. The molecule has 2 aromatic rings. The average molecular weight is 404 g/mol. The molecule has 0 spiro atoms. The Kier molecular flexibility index (Phi) is 6.02. The number of anilines is 1. The van der Waals surface area contributed by atoms with Crippen LogP contribution in [0.2, 0.25) is 0 Å². The number of sulfonamides is 1. The van der Waals surface area contributed by atoms with Gasteiger partial charge in [-0.25, -0.2) is 8.42 Å². The van der Waals surface area contributed by atoms with Crippen LogP contribution in [0.25, 0.3) is 0 Å². The molecule has 1 fully saturated rings. The van der Waals surface area contributed by atoms with Gasteiger partial charge in [0.15, 0.2) is 0 Å². The topological polar surface area (TPSA) is 84.9 Å². The van der Waals surface area contributed by atoms with E-state index in [1.54, 1.807) is 18.2 Å². The minimum absolute atomic E-state index is 0.0235. The highest BCUT2D eigenvalue weighted by molar-refractivity contribution is 7.89. The number of nitrogens with zero attached hydrogens (tertiary/aromatic N) is 1. The number of hydrogen-bond acceptors (Lipinski definition) is 5. The molecule has 1 amide bonds. The number of rotatable bonds is 5. The van der Waals surface area contributed by atoms with Crippen molar-refractivity contribution < 1.29 is 22.7 Å². The molecule has 2 aromatic carbocycles. The molecular weight excluding hydrogens is 380 g/mol. The highest BCUT2D eigenvalue weighted by atomic mass is 32.2. The lowest BCUT2D eigenvalue weighted by molar-refractivity contribution is 0.0729. The van der Waals surface area contributed by atoms with Crippen molar-refractivity contribution in [2.45, 2.75) is 18.7 Å². The number of benzene rings is 2. The van der Waals surface area contributed by atoms with E-state index in [9.17, 15) is 13.2 Å². The van der Waals surface area contributed by atoms with Crippen molar-refractivity contribution >= 4 is 21.6 Å². The lowest BCUT2D eigenvalue weighted by Gasteiger charge is -2.26. The van der Waals surface area contributed by atoms with Crippen LogP contribution in [0, 0.1) is 13.8 Å². The molecule has 8 heteroatoms. The fourth-order valence-corrected chi connectivity index (χ4v) is 4.74. The third-order valence-electron chi connectivity index (χ3n) is 4.64. The molecule has 150 valence electrons. The lowest BCUT2D eigenvalue weighted by atomic mass is 10.1. The zero-order valence-corrected chi connectivity index (χ0v) is 17.0. The van der Waals surface area contributed by atoms with Crippen molar-refractivity contribution in [3.8, 4) is 5.75 Å². The quantitative estimate of drug-likeness (QED) is 0.828. The van der Waals surface area contributed by atoms with Gasteiger partial charge in [0.1, 0.15) is 10.6 Å². The molecule has 0 aliphatic carbocycles. The maximum absolute atomic E-state index is 13.0. The van der Waals surface area contributed by atoms with Gasteiger partial charge in [0.05, 0.1) is 20.3 Å². The van der Waals surface area contributed by atoms with E-state index in [2.05, 4.69) is 5.32 Å². The zero-order chi connectivity index (χ0) is 20.3. The Balaban J connectivity index is 1.91. The van der Waals surface area contributed by atoms with Crippen molar-refractivity contribution in [2.75, 3.05) is 38.7 Å². The van der Waals surface area contributed by atoms with Crippen LogP contribution in [0.1, 0.15) is 21.5 Å². The number of amides is 1. The number of nitrogens with one attached hydrogen (secondary N) is 1. The molecule has 28 heavy (non-hydrogen) atoms. The molecular formula is C20H24N2O5S. The first-order chi connectivity index (χ1) is 13.3. The summed E-state index contributed by atoms with van der Waals surface area (Å²) in [5.74, 6) is -0.0617. The van der Waals surface area contributed by atoms with E-state index < -0.39 is 10.0 Å². The second-order valence-corrected chi connectivity index (χ2v) is 8.56. The van der Waals surface area contributed by atoms with Crippen LogP contribution in [0.4, 0.5) is 5.69 Å². The third kappa shape index (κ3) is 4.19. The Labute approximate surface area is 165 Å². The summed E-state index contributed by atoms with van der Waals surface area (Å²) in [6, 6.07) is 10.2. The smallest absolute Gasteiger partial charge is 0.255 e. The molecule has 0 saturated carbocycles. The number of carbonyl (C=O) groups is 1. The van der Waals surface area contributed by atoms with Gasteiger partial charge >= 0.3 is 0 Å². The first kappa shape index (κ1) is 20.3. The molecule has 1 aliphatic rings. The number of hydrogen-bond donors (Lipinski definition) is 1. The number of morpholine rings is 1. The second kappa shape index (κ2) is 8.30. The molecule has 1 N–H and O–H groups in total. The van der Waals surface area contributed by atoms with E-state index in [1.165, 1.54) is 17.5 Å².